The van der Waals surface area contributed by atoms with Crippen LogP contribution in [0, 0.1) is 5.92 Å². The summed E-state index contributed by atoms with van der Waals surface area (Å²) in [5.41, 5.74) is 2.08. The maximum Gasteiger partial charge on any atom is 0.231 e. The molecule has 7 heteroatoms. The maximum atomic E-state index is 11.0. The van der Waals surface area contributed by atoms with E-state index in [2.05, 4.69) is 0 Å². The van der Waals surface area contributed by atoms with Crippen LogP contribution in [0.1, 0.15) is 25.0 Å². The molecule has 0 saturated carbocycles. The third-order valence-corrected chi connectivity index (χ3v) is 4.96. The first-order valence-corrected chi connectivity index (χ1v) is 9.07. The molecule has 2 atom stereocenters. The normalized spacial score (nSPS) is 14.5. The molecule has 1 heterocycles. The monoisotopic (exact) mass is 390 g/mol. The minimum absolute atomic E-state index is 0.0119. The second kappa shape index (κ2) is 8.58. The summed E-state index contributed by atoms with van der Waals surface area (Å²) in [7, 11) is 4.61. The van der Waals surface area contributed by atoms with E-state index < -0.39 is 6.10 Å². The average molecular weight is 390 g/mol. The zero-order chi connectivity index (χ0) is 20.3. The van der Waals surface area contributed by atoms with Gasteiger partial charge in [-0.2, -0.15) is 0 Å². The van der Waals surface area contributed by atoms with Crippen LogP contribution in [-0.2, 0) is 0 Å². The summed E-state index contributed by atoms with van der Waals surface area (Å²) in [6.45, 7) is 2.04. The first-order chi connectivity index (χ1) is 13.5. The van der Waals surface area contributed by atoms with Crippen LogP contribution < -0.4 is 23.7 Å². The summed E-state index contributed by atoms with van der Waals surface area (Å²) >= 11 is 0. The van der Waals surface area contributed by atoms with Crippen molar-refractivity contribution in [2.75, 3.05) is 34.7 Å². The van der Waals surface area contributed by atoms with Gasteiger partial charge in [0.25, 0.3) is 0 Å². The topological polar surface area (TPSA) is 86.6 Å². The number of rotatable bonds is 8. The number of aliphatic hydroxyl groups is 2. The van der Waals surface area contributed by atoms with Crippen molar-refractivity contribution in [1.82, 2.24) is 0 Å². The third kappa shape index (κ3) is 3.55. The fraction of sp³-hybridized carbons (Fsp3) is 0.429. The van der Waals surface area contributed by atoms with Crippen molar-refractivity contribution >= 4 is 0 Å². The van der Waals surface area contributed by atoms with Crippen molar-refractivity contribution in [3.63, 3.8) is 0 Å². The van der Waals surface area contributed by atoms with Crippen LogP contribution in [0.3, 0.4) is 0 Å². The summed E-state index contributed by atoms with van der Waals surface area (Å²) < 4.78 is 27.6. The minimum Gasteiger partial charge on any atom is -0.493 e. The van der Waals surface area contributed by atoms with Gasteiger partial charge in [0.1, 0.15) is 0 Å². The number of ether oxygens (including phenoxy) is 5. The van der Waals surface area contributed by atoms with Crippen molar-refractivity contribution in [2.45, 2.75) is 19.4 Å². The highest BCUT2D eigenvalue weighted by molar-refractivity contribution is 5.81. The van der Waals surface area contributed by atoms with Crippen molar-refractivity contribution in [3.8, 4) is 39.9 Å². The molecule has 0 amide bonds. The molecular weight excluding hydrogens is 364 g/mol. The third-order valence-electron chi connectivity index (χ3n) is 4.96. The van der Waals surface area contributed by atoms with Gasteiger partial charge in [-0.1, -0.05) is 13.0 Å². The standard InChI is InChI=1S/C21H26O7/c1-12(7-8-22)19(23)14-10-17(24-2)20(25-3)21(26-4)18(14)13-5-6-15-16(9-13)28-11-27-15/h5-6,9-10,12,19,22-23H,7-8,11H2,1-4H3/t12-,19-/m0/s1. The molecule has 7 nitrogen and oxygen atoms in total. The highest BCUT2D eigenvalue weighted by atomic mass is 16.7. The SMILES string of the molecule is COc1cc([C@@H](O)[C@@H](C)CCO)c(-c2ccc3c(c2)OCO3)c(OC)c1OC. The van der Waals surface area contributed by atoms with Gasteiger partial charge in [0, 0.05) is 12.2 Å². The first-order valence-electron chi connectivity index (χ1n) is 9.07. The summed E-state index contributed by atoms with van der Waals surface area (Å²) in [6, 6.07) is 7.30. The Morgan fingerprint density at radius 2 is 1.71 bits per heavy atom. The molecule has 2 N–H and O–H groups in total. The molecule has 0 aliphatic carbocycles. The van der Waals surface area contributed by atoms with Gasteiger partial charge in [-0.3, -0.25) is 0 Å². The second-order valence-electron chi connectivity index (χ2n) is 6.61. The number of fused-ring (bicyclic) bond motifs is 1. The zero-order valence-corrected chi connectivity index (χ0v) is 16.5. The lowest BCUT2D eigenvalue weighted by atomic mass is 9.87. The van der Waals surface area contributed by atoms with Crippen LogP contribution in [0.15, 0.2) is 24.3 Å². The molecule has 0 saturated heterocycles. The smallest absolute Gasteiger partial charge is 0.231 e. The molecule has 0 spiro atoms. The summed E-state index contributed by atoms with van der Waals surface area (Å²) in [5, 5.41) is 20.3. The van der Waals surface area contributed by atoms with E-state index in [1.807, 2.05) is 25.1 Å². The van der Waals surface area contributed by atoms with Crippen molar-refractivity contribution in [1.29, 1.82) is 0 Å². The van der Waals surface area contributed by atoms with Crippen LogP contribution in [0.5, 0.6) is 28.7 Å². The number of benzene rings is 2. The van der Waals surface area contributed by atoms with E-state index in [9.17, 15) is 10.2 Å². The molecule has 0 aromatic heterocycles. The molecule has 0 radical (unpaired) electrons. The minimum atomic E-state index is -0.846. The van der Waals surface area contributed by atoms with E-state index in [-0.39, 0.29) is 19.3 Å². The highest BCUT2D eigenvalue weighted by Gasteiger charge is 2.28. The summed E-state index contributed by atoms with van der Waals surface area (Å²) in [4.78, 5) is 0. The first kappa shape index (κ1) is 20.1. The van der Waals surface area contributed by atoms with Crippen molar-refractivity contribution in [3.05, 3.63) is 29.8 Å². The Labute approximate surface area is 164 Å². The predicted molar refractivity (Wildman–Crippen MR) is 103 cm³/mol. The molecule has 0 unspecified atom stereocenters. The summed E-state index contributed by atoms with van der Waals surface area (Å²) in [5.74, 6) is 2.45. The fourth-order valence-electron chi connectivity index (χ4n) is 3.43. The quantitative estimate of drug-likeness (QED) is 0.716. The Kier molecular flexibility index (Phi) is 6.16. The molecule has 1 aliphatic heterocycles. The van der Waals surface area contributed by atoms with Gasteiger partial charge in [0.2, 0.25) is 12.5 Å². The van der Waals surface area contributed by atoms with E-state index in [1.54, 1.807) is 13.2 Å². The fourth-order valence-corrected chi connectivity index (χ4v) is 3.43. The highest BCUT2D eigenvalue weighted by Crippen LogP contribution is 2.50. The van der Waals surface area contributed by atoms with Crippen LogP contribution in [0.2, 0.25) is 0 Å². The van der Waals surface area contributed by atoms with Crippen LogP contribution >= 0.6 is 0 Å². The predicted octanol–water partition coefficient (Wildman–Crippen LogP) is 3.16. The van der Waals surface area contributed by atoms with E-state index in [1.165, 1.54) is 14.2 Å². The molecule has 2 aromatic rings. The van der Waals surface area contributed by atoms with E-state index >= 15 is 0 Å². The molecule has 1 aliphatic rings. The van der Waals surface area contributed by atoms with Gasteiger partial charge in [-0.05, 0) is 41.7 Å². The van der Waals surface area contributed by atoms with Gasteiger partial charge in [-0.25, -0.2) is 0 Å². The van der Waals surface area contributed by atoms with Crippen molar-refractivity contribution in [2.24, 2.45) is 5.92 Å². The zero-order valence-electron chi connectivity index (χ0n) is 16.5. The van der Waals surface area contributed by atoms with E-state index in [0.29, 0.717) is 46.3 Å². The van der Waals surface area contributed by atoms with Gasteiger partial charge in [0.05, 0.1) is 27.4 Å². The largest absolute Gasteiger partial charge is 0.493 e. The molecular formula is C21H26O7. The van der Waals surface area contributed by atoms with Gasteiger partial charge in [-0.15, -0.1) is 0 Å². The van der Waals surface area contributed by atoms with Crippen LogP contribution in [-0.4, -0.2) is 44.9 Å². The van der Waals surface area contributed by atoms with Crippen LogP contribution in [0.4, 0.5) is 0 Å². The summed E-state index contributed by atoms with van der Waals surface area (Å²) in [6.07, 6.45) is -0.389. The molecule has 28 heavy (non-hydrogen) atoms. The molecule has 2 aromatic carbocycles. The van der Waals surface area contributed by atoms with E-state index in [4.69, 9.17) is 23.7 Å². The van der Waals surface area contributed by atoms with E-state index in [0.717, 1.165) is 5.56 Å². The Morgan fingerprint density at radius 3 is 2.36 bits per heavy atom. The Bertz CT molecular complexity index is 834. The number of aliphatic hydroxyl groups excluding tert-OH is 2. The lowest BCUT2D eigenvalue weighted by Crippen LogP contribution is -2.13. The molecule has 3 rings (SSSR count). The Morgan fingerprint density at radius 1 is 1.00 bits per heavy atom. The molecule has 152 valence electrons. The second-order valence-corrected chi connectivity index (χ2v) is 6.61. The van der Waals surface area contributed by atoms with Crippen molar-refractivity contribution < 1.29 is 33.9 Å². The van der Waals surface area contributed by atoms with Crippen LogP contribution in [0.25, 0.3) is 11.1 Å². The number of hydrogen-bond donors (Lipinski definition) is 2. The Balaban J connectivity index is 2.25. The average Bonchev–Trinajstić information content (AvgIpc) is 3.19. The number of methoxy groups -OCH3 is 3. The molecule has 0 bridgehead atoms. The number of hydrogen-bond acceptors (Lipinski definition) is 7. The lowest BCUT2D eigenvalue weighted by molar-refractivity contribution is 0.0990. The maximum absolute atomic E-state index is 11.0. The lowest BCUT2D eigenvalue weighted by Gasteiger charge is -2.25. The molecule has 0 fully saturated rings. The Hall–Kier alpha value is -2.64. The van der Waals surface area contributed by atoms with Gasteiger partial charge in [0.15, 0.2) is 23.0 Å². The van der Waals surface area contributed by atoms with Gasteiger partial charge < -0.3 is 33.9 Å². The van der Waals surface area contributed by atoms with Gasteiger partial charge >= 0.3 is 0 Å².